The largest absolute Gasteiger partial charge is 0.351 e. The Morgan fingerprint density at radius 1 is 1.83 bits per heavy atom. The van der Waals surface area contributed by atoms with Crippen LogP contribution in [0.3, 0.4) is 0 Å². The molecule has 4 heteroatoms. The molecule has 0 aromatic rings. The fraction of sp³-hybridized carbons (Fsp3) is 0.625. The zero-order valence-corrected chi connectivity index (χ0v) is 7.39. The molecule has 0 saturated carbocycles. The van der Waals surface area contributed by atoms with Gasteiger partial charge in [0.15, 0.2) is 0 Å². The monoisotopic (exact) mass is 170 g/mol. The summed E-state index contributed by atoms with van der Waals surface area (Å²) in [4.78, 5) is 16.2. The maximum Gasteiger partial charge on any atom is 0.269 e. The first-order chi connectivity index (χ1) is 5.74. The van der Waals surface area contributed by atoms with Gasteiger partial charge in [0.05, 0.1) is 0 Å². The lowest BCUT2D eigenvalue weighted by Crippen LogP contribution is -2.29. The number of hydrogen-bond acceptors (Lipinski definition) is 3. The third-order valence-corrected chi connectivity index (χ3v) is 1.54. The smallest absolute Gasteiger partial charge is 0.269 e. The third-order valence-electron chi connectivity index (χ3n) is 1.54. The molecule has 0 aliphatic carbocycles. The number of amides is 1. The molecule has 0 fully saturated rings. The molecule has 0 saturated heterocycles. The van der Waals surface area contributed by atoms with Crippen molar-refractivity contribution in [2.45, 2.75) is 26.4 Å². The summed E-state index contributed by atoms with van der Waals surface area (Å²) in [5.41, 5.74) is 3.07. The average Bonchev–Trinajstić information content (AvgIpc) is 2.47. The second kappa shape index (κ2) is 4.11. The lowest BCUT2D eigenvalue weighted by Gasteiger charge is -2.03. The normalized spacial score (nSPS) is 21.5. The number of nitrogens with one attached hydrogen (secondary N) is 2. The van der Waals surface area contributed by atoms with Crippen molar-refractivity contribution in [2.24, 2.45) is 0 Å². The van der Waals surface area contributed by atoms with E-state index >= 15 is 0 Å². The van der Waals surface area contributed by atoms with Crippen molar-refractivity contribution < 1.29 is 9.63 Å². The molecule has 2 N–H and O–H groups in total. The molecule has 1 heterocycles. The van der Waals surface area contributed by atoms with E-state index in [1.807, 2.05) is 13.8 Å². The molecule has 1 atom stereocenters. The Kier molecular flexibility index (Phi) is 3.10. The minimum Gasteiger partial charge on any atom is -0.351 e. The van der Waals surface area contributed by atoms with Gasteiger partial charge in [-0.2, -0.15) is 0 Å². The molecule has 0 aromatic carbocycles. The molecular weight excluding hydrogens is 156 g/mol. The van der Waals surface area contributed by atoms with E-state index in [2.05, 4.69) is 10.8 Å². The van der Waals surface area contributed by atoms with E-state index < -0.39 is 0 Å². The van der Waals surface area contributed by atoms with Crippen LogP contribution in [0.4, 0.5) is 0 Å². The quantitative estimate of drug-likeness (QED) is 0.641. The summed E-state index contributed by atoms with van der Waals surface area (Å²) in [6.07, 6.45) is 2.67. The van der Waals surface area contributed by atoms with Crippen LogP contribution < -0.4 is 10.8 Å². The predicted octanol–water partition coefficient (Wildman–Crippen LogP) is 0.320. The molecule has 1 aliphatic heterocycles. The maximum absolute atomic E-state index is 11.2. The van der Waals surface area contributed by atoms with E-state index in [9.17, 15) is 4.79 Å². The highest BCUT2D eigenvalue weighted by Crippen LogP contribution is 2.04. The second-order valence-corrected chi connectivity index (χ2v) is 2.76. The van der Waals surface area contributed by atoms with Crippen molar-refractivity contribution in [1.82, 2.24) is 10.8 Å². The minimum atomic E-state index is -0.0961. The van der Waals surface area contributed by atoms with E-state index in [0.717, 1.165) is 6.42 Å². The highest BCUT2D eigenvalue weighted by atomic mass is 16.7. The Bertz CT molecular complexity index is 201. The molecule has 12 heavy (non-hydrogen) atoms. The molecular formula is C8H14N2O2. The van der Waals surface area contributed by atoms with Gasteiger partial charge in [0.1, 0.15) is 11.8 Å². The van der Waals surface area contributed by atoms with Crippen LogP contribution in [-0.2, 0) is 9.63 Å². The van der Waals surface area contributed by atoms with E-state index in [1.165, 1.54) is 0 Å². The zero-order valence-electron chi connectivity index (χ0n) is 7.39. The Balaban J connectivity index is 2.37. The molecule has 0 bridgehead atoms. The van der Waals surface area contributed by atoms with E-state index in [1.54, 1.807) is 6.08 Å². The summed E-state index contributed by atoms with van der Waals surface area (Å²) in [5.74, 6) is -0.0961. The Morgan fingerprint density at radius 3 is 3.08 bits per heavy atom. The average molecular weight is 170 g/mol. The Labute approximate surface area is 71.9 Å². The van der Waals surface area contributed by atoms with E-state index in [-0.39, 0.29) is 12.0 Å². The minimum absolute atomic E-state index is 0.0209. The molecule has 0 aromatic heterocycles. The molecule has 0 radical (unpaired) electrons. The summed E-state index contributed by atoms with van der Waals surface area (Å²) < 4.78 is 0. The first-order valence-corrected chi connectivity index (χ1v) is 4.15. The number of hydrogen-bond donors (Lipinski definition) is 2. The first kappa shape index (κ1) is 9.06. The SMILES string of the molecule is CCCNC(=O)C1=CC(C)ON1. The highest BCUT2D eigenvalue weighted by molar-refractivity contribution is 5.92. The number of carbonyl (C=O) groups excluding carboxylic acids is 1. The van der Waals surface area contributed by atoms with Crippen LogP contribution in [0.5, 0.6) is 0 Å². The standard InChI is InChI=1S/C8H14N2O2/c1-3-4-9-8(11)7-5-6(2)12-10-7/h5-6,10H,3-4H2,1-2H3,(H,9,11). The van der Waals surface area contributed by atoms with Crippen LogP contribution >= 0.6 is 0 Å². The summed E-state index contributed by atoms with van der Waals surface area (Å²) in [6, 6.07) is 0. The molecule has 0 spiro atoms. The van der Waals surface area contributed by atoms with E-state index in [0.29, 0.717) is 12.2 Å². The fourth-order valence-electron chi connectivity index (χ4n) is 0.915. The third kappa shape index (κ3) is 2.23. The van der Waals surface area contributed by atoms with Crippen LogP contribution in [0.1, 0.15) is 20.3 Å². The van der Waals surface area contributed by atoms with Gasteiger partial charge in [-0.05, 0) is 19.4 Å². The van der Waals surface area contributed by atoms with Crippen molar-refractivity contribution in [3.63, 3.8) is 0 Å². The van der Waals surface area contributed by atoms with Crippen molar-refractivity contribution in [3.8, 4) is 0 Å². The molecule has 4 nitrogen and oxygen atoms in total. The molecule has 1 aliphatic rings. The van der Waals surface area contributed by atoms with Gasteiger partial charge in [-0.15, -0.1) is 0 Å². The van der Waals surface area contributed by atoms with E-state index in [4.69, 9.17) is 4.84 Å². The Hall–Kier alpha value is -1.03. The van der Waals surface area contributed by atoms with Crippen LogP contribution in [-0.4, -0.2) is 18.6 Å². The van der Waals surface area contributed by atoms with Crippen molar-refractivity contribution in [3.05, 3.63) is 11.8 Å². The van der Waals surface area contributed by atoms with Gasteiger partial charge in [0, 0.05) is 6.54 Å². The predicted molar refractivity (Wildman–Crippen MR) is 45.1 cm³/mol. The number of carbonyl (C=O) groups is 1. The van der Waals surface area contributed by atoms with Gasteiger partial charge in [0.25, 0.3) is 5.91 Å². The van der Waals surface area contributed by atoms with Crippen LogP contribution in [0, 0.1) is 0 Å². The van der Waals surface area contributed by atoms with Crippen LogP contribution in [0.15, 0.2) is 11.8 Å². The molecule has 1 rings (SSSR count). The van der Waals surface area contributed by atoms with Gasteiger partial charge in [-0.3, -0.25) is 15.1 Å². The lowest BCUT2D eigenvalue weighted by molar-refractivity contribution is -0.118. The molecule has 1 unspecified atom stereocenters. The second-order valence-electron chi connectivity index (χ2n) is 2.76. The summed E-state index contributed by atoms with van der Waals surface area (Å²) in [5, 5.41) is 2.75. The highest BCUT2D eigenvalue weighted by Gasteiger charge is 2.16. The Morgan fingerprint density at radius 2 is 2.58 bits per heavy atom. The summed E-state index contributed by atoms with van der Waals surface area (Å²) >= 11 is 0. The summed E-state index contributed by atoms with van der Waals surface area (Å²) in [7, 11) is 0. The summed E-state index contributed by atoms with van der Waals surface area (Å²) in [6.45, 7) is 4.58. The fourth-order valence-corrected chi connectivity index (χ4v) is 0.915. The number of hydroxylamine groups is 1. The van der Waals surface area contributed by atoms with Crippen molar-refractivity contribution in [2.75, 3.05) is 6.54 Å². The number of rotatable bonds is 3. The first-order valence-electron chi connectivity index (χ1n) is 4.15. The van der Waals surface area contributed by atoms with Crippen LogP contribution in [0.25, 0.3) is 0 Å². The molecule has 68 valence electrons. The van der Waals surface area contributed by atoms with Crippen molar-refractivity contribution in [1.29, 1.82) is 0 Å². The van der Waals surface area contributed by atoms with Gasteiger partial charge < -0.3 is 5.32 Å². The maximum atomic E-state index is 11.2. The van der Waals surface area contributed by atoms with Crippen molar-refractivity contribution >= 4 is 5.91 Å². The van der Waals surface area contributed by atoms with Gasteiger partial charge in [-0.25, -0.2) is 0 Å². The molecule has 1 amide bonds. The van der Waals surface area contributed by atoms with Gasteiger partial charge >= 0.3 is 0 Å². The zero-order chi connectivity index (χ0) is 8.97. The van der Waals surface area contributed by atoms with Crippen LogP contribution in [0.2, 0.25) is 0 Å². The topological polar surface area (TPSA) is 50.4 Å². The van der Waals surface area contributed by atoms with Gasteiger partial charge in [0.2, 0.25) is 0 Å². The van der Waals surface area contributed by atoms with Gasteiger partial charge in [-0.1, -0.05) is 6.92 Å². The lowest BCUT2D eigenvalue weighted by atomic mass is 10.3.